The Bertz CT molecular complexity index is 1480. The van der Waals surface area contributed by atoms with Crippen molar-refractivity contribution in [2.75, 3.05) is 53.9 Å². The second-order valence-electron chi connectivity index (χ2n) is 12.6. The molecule has 3 heterocycles. The molecule has 0 spiro atoms. The zero-order chi connectivity index (χ0) is 32.7. The molecule has 5 rings (SSSR count). The van der Waals surface area contributed by atoms with Gasteiger partial charge in [0.25, 0.3) is 5.91 Å². The maximum atomic E-state index is 14.2. The number of hydrogen-bond donors (Lipinski definition) is 1. The number of pyridine rings is 1. The van der Waals surface area contributed by atoms with E-state index in [2.05, 4.69) is 20.1 Å². The van der Waals surface area contributed by atoms with Crippen LogP contribution in [0, 0.1) is 5.41 Å². The van der Waals surface area contributed by atoms with Crippen molar-refractivity contribution in [2.45, 2.75) is 31.5 Å². The second-order valence-corrected chi connectivity index (χ2v) is 12.6. The van der Waals surface area contributed by atoms with E-state index >= 15 is 0 Å². The third-order valence-corrected chi connectivity index (χ3v) is 8.65. The quantitative estimate of drug-likeness (QED) is 0.173. The summed E-state index contributed by atoms with van der Waals surface area (Å²) in [6.45, 7) is 4.70. The summed E-state index contributed by atoms with van der Waals surface area (Å²) in [5.74, 6) is -0.790. The largest absolute Gasteiger partial charge is 0.451 e. The number of benzene rings is 2. The minimum absolute atomic E-state index is 0.0619. The molecule has 0 saturated carbocycles. The molecule has 0 radical (unpaired) electrons. The topological polar surface area (TPSA) is 104 Å². The first-order valence-corrected chi connectivity index (χ1v) is 15.7. The zero-order valence-corrected chi connectivity index (χ0v) is 27.0. The minimum atomic E-state index is -0.953. The predicted molar refractivity (Wildman–Crippen MR) is 176 cm³/mol. The Labute approximate surface area is 271 Å². The van der Waals surface area contributed by atoms with Crippen LogP contribution in [-0.4, -0.2) is 104 Å². The second kappa shape index (κ2) is 14.7. The average molecular weight is 626 g/mol. The lowest BCUT2D eigenvalue weighted by Gasteiger charge is -2.41. The number of nitrogens with zero attached hydrogens (tertiary/aromatic N) is 4. The van der Waals surface area contributed by atoms with Crippen molar-refractivity contribution in [2.24, 2.45) is 5.41 Å². The first-order valence-electron chi connectivity index (χ1n) is 15.7. The molecule has 1 unspecified atom stereocenters. The molecular weight excluding hydrogens is 582 g/mol. The molecule has 1 aromatic heterocycles. The maximum absolute atomic E-state index is 14.2. The minimum Gasteiger partial charge on any atom is -0.451 e. The number of likely N-dealkylation sites (N-methyl/N-ethyl adjacent to an activating group) is 2. The van der Waals surface area contributed by atoms with E-state index in [0.717, 1.165) is 24.2 Å². The lowest BCUT2D eigenvalue weighted by Crippen LogP contribution is -2.58. The zero-order valence-electron chi connectivity index (χ0n) is 27.0. The van der Waals surface area contributed by atoms with Crippen LogP contribution < -0.4 is 5.32 Å². The van der Waals surface area contributed by atoms with Gasteiger partial charge in [0.1, 0.15) is 12.6 Å². The standard InChI is InChI=1S/C36H43N5O5/c1-36(25-45-35(44)38-19-20-40(4)22-21-39(2)3)24-30-29(23-28-17-11-12-18-37-28)33(42)41(30)32(36)34(43)46-31(26-13-7-5-8-14-26)27-15-9-6-10-16-27/h5-18,23,30-32H,19-22,24-25H2,1-4H3,(H,38,44)/b29-23+/t30?,32-,36-/m0/s1. The highest BCUT2D eigenvalue weighted by molar-refractivity contribution is 6.08. The Morgan fingerprint density at radius 3 is 2.24 bits per heavy atom. The van der Waals surface area contributed by atoms with E-state index in [0.29, 0.717) is 30.8 Å². The number of aromatic nitrogens is 1. The smallest absolute Gasteiger partial charge is 0.407 e. The van der Waals surface area contributed by atoms with Crippen LogP contribution in [0.1, 0.15) is 36.3 Å². The van der Waals surface area contributed by atoms with Crippen LogP contribution in [-0.2, 0) is 19.1 Å². The van der Waals surface area contributed by atoms with Gasteiger partial charge in [0, 0.05) is 43.4 Å². The first kappa shape index (κ1) is 32.8. The maximum Gasteiger partial charge on any atom is 0.407 e. The molecule has 3 aromatic rings. The van der Waals surface area contributed by atoms with Crippen molar-refractivity contribution in [3.8, 4) is 0 Å². The lowest BCUT2D eigenvalue weighted by atomic mass is 9.81. The van der Waals surface area contributed by atoms with Gasteiger partial charge >= 0.3 is 12.1 Å². The molecule has 10 nitrogen and oxygen atoms in total. The van der Waals surface area contributed by atoms with Gasteiger partial charge in [-0.2, -0.15) is 0 Å². The fraction of sp³-hybridized carbons (Fsp3) is 0.389. The number of β-lactam (4-membered cyclic amide) rings is 1. The van der Waals surface area contributed by atoms with E-state index < -0.39 is 29.6 Å². The highest BCUT2D eigenvalue weighted by Crippen LogP contribution is 2.50. The summed E-state index contributed by atoms with van der Waals surface area (Å²) >= 11 is 0. The van der Waals surface area contributed by atoms with Crippen molar-refractivity contribution in [3.05, 3.63) is 107 Å². The number of carbonyl (C=O) groups is 3. The summed E-state index contributed by atoms with van der Waals surface area (Å²) in [5.41, 5.74) is 1.98. The third-order valence-electron chi connectivity index (χ3n) is 8.65. The molecule has 0 bridgehead atoms. The van der Waals surface area contributed by atoms with Crippen molar-refractivity contribution < 1.29 is 23.9 Å². The SMILES string of the molecule is CN(C)CCN(C)CCNC(=O)OC[C@]1(C)CC2/C(=C\c3ccccn3)C(=O)N2[C@H]1C(=O)OC(c1ccccc1)c1ccccc1. The fourth-order valence-electron chi connectivity index (χ4n) is 6.10. The molecule has 2 saturated heterocycles. The number of rotatable bonds is 13. The average Bonchev–Trinajstić information content (AvgIpc) is 3.35. The molecule has 0 aliphatic carbocycles. The lowest BCUT2D eigenvalue weighted by molar-refractivity contribution is -0.163. The highest BCUT2D eigenvalue weighted by atomic mass is 16.6. The normalized spacial score (nSPS) is 21.4. The van der Waals surface area contributed by atoms with E-state index in [1.807, 2.05) is 107 Å². The molecular formula is C36H43N5O5. The molecule has 2 aliphatic heterocycles. The molecule has 2 aromatic carbocycles. The summed E-state index contributed by atoms with van der Waals surface area (Å²) in [6, 6.07) is 23.3. The van der Waals surface area contributed by atoms with Gasteiger partial charge in [-0.3, -0.25) is 9.78 Å². The molecule has 1 N–H and O–H groups in total. The highest BCUT2D eigenvalue weighted by Gasteiger charge is 2.63. The molecule has 242 valence electrons. The molecule has 3 atom stereocenters. The van der Waals surface area contributed by atoms with Gasteiger partial charge in [0.05, 0.1) is 11.7 Å². The van der Waals surface area contributed by atoms with E-state index in [4.69, 9.17) is 9.47 Å². The molecule has 2 aliphatic rings. The molecule has 2 fully saturated rings. The number of carbonyl (C=O) groups excluding carboxylic acids is 3. The van der Waals surface area contributed by atoms with E-state index in [1.54, 1.807) is 17.2 Å². The van der Waals surface area contributed by atoms with Crippen molar-refractivity contribution in [3.63, 3.8) is 0 Å². The molecule has 10 heteroatoms. The Kier molecular flexibility index (Phi) is 10.5. The van der Waals surface area contributed by atoms with Gasteiger partial charge in [-0.05, 0) is 56.9 Å². The number of hydrogen-bond acceptors (Lipinski definition) is 8. The third kappa shape index (κ3) is 7.63. The first-order chi connectivity index (χ1) is 22.2. The summed E-state index contributed by atoms with van der Waals surface area (Å²) < 4.78 is 12.0. The Hall–Kier alpha value is -4.54. The van der Waals surface area contributed by atoms with E-state index in [1.165, 1.54) is 0 Å². The number of alkyl carbamates (subject to hydrolysis) is 1. The van der Waals surface area contributed by atoms with Crippen LogP contribution in [0.3, 0.4) is 0 Å². The van der Waals surface area contributed by atoms with Crippen LogP contribution in [0.25, 0.3) is 6.08 Å². The monoisotopic (exact) mass is 625 g/mol. The van der Waals surface area contributed by atoms with Gasteiger partial charge in [-0.1, -0.05) is 73.7 Å². The van der Waals surface area contributed by atoms with Gasteiger partial charge in [-0.15, -0.1) is 0 Å². The molecule has 46 heavy (non-hydrogen) atoms. The van der Waals surface area contributed by atoms with Gasteiger partial charge in [-0.25, -0.2) is 9.59 Å². The van der Waals surface area contributed by atoms with Crippen molar-refractivity contribution >= 4 is 24.0 Å². The Balaban J connectivity index is 1.34. The van der Waals surface area contributed by atoms with E-state index in [9.17, 15) is 14.4 Å². The predicted octanol–water partition coefficient (Wildman–Crippen LogP) is 4.01. The van der Waals surface area contributed by atoms with Crippen LogP contribution in [0.2, 0.25) is 0 Å². The summed E-state index contributed by atoms with van der Waals surface area (Å²) in [7, 11) is 6.04. The van der Waals surface area contributed by atoms with Crippen LogP contribution in [0.15, 0.2) is 90.6 Å². The van der Waals surface area contributed by atoms with Gasteiger partial charge in [0.15, 0.2) is 6.10 Å². The van der Waals surface area contributed by atoms with Gasteiger partial charge < -0.3 is 29.5 Å². The van der Waals surface area contributed by atoms with Crippen LogP contribution in [0.5, 0.6) is 0 Å². The van der Waals surface area contributed by atoms with Crippen molar-refractivity contribution in [1.29, 1.82) is 0 Å². The van der Waals surface area contributed by atoms with Crippen molar-refractivity contribution in [1.82, 2.24) is 25.0 Å². The summed E-state index contributed by atoms with van der Waals surface area (Å²) in [5, 5.41) is 2.82. The van der Waals surface area contributed by atoms with E-state index in [-0.39, 0.29) is 18.6 Å². The van der Waals surface area contributed by atoms with Gasteiger partial charge in [0.2, 0.25) is 0 Å². The van der Waals surface area contributed by atoms with Crippen LogP contribution >= 0.6 is 0 Å². The summed E-state index contributed by atoms with van der Waals surface area (Å²) in [6.07, 6.45) is 2.64. The number of fused-ring (bicyclic) bond motifs is 1. The Morgan fingerprint density at radius 2 is 1.63 bits per heavy atom. The number of nitrogens with one attached hydrogen (secondary N) is 1. The summed E-state index contributed by atoms with van der Waals surface area (Å²) in [4.78, 5) is 50.8. The fourth-order valence-corrected chi connectivity index (χ4v) is 6.10. The molecule has 2 amide bonds. The number of esters is 1. The van der Waals surface area contributed by atoms with Crippen LogP contribution in [0.4, 0.5) is 4.79 Å². The number of amides is 2. The Morgan fingerprint density at radius 1 is 0.978 bits per heavy atom. The number of ether oxygens (including phenoxy) is 2.